The van der Waals surface area contributed by atoms with E-state index in [2.05, 4.69) is 19.9 Å². The standard InChI is InChI=1S/C14H25N5OS/c1-14(2,12(15)17-20)4-3-6-18-7-9-19(10-8-18)13-16-5-11-21-13/h5,11,20H,3-4,6-10H2,1-2H3,(H2,15,17). The molecule has 0 amide bonds. The van der Waals surface area contributed by atoms with Gasteiger partial charge in [0.1, 0.15) is 5.84 Å². The predicted molar refractivity (Wildman–Crippen MR) is 87.2 cm³/mol. The zero-order valence-electron chi connectivity index (χ0n) is 12.8. The Kier molecular flexibility index (Phi) is 5.41. The van der Waals surface area contributed by atoms with Crippen LogP contribution in [0.3, 0.4) is 0 Å². The summed E-state index contributed by atoms with van der Waals surface area (Å²) in [5.74, 6) is 0.316. The van der Waals surface area contributed by atoms with E-state index in [1.165, 1.54) is 0 Å². The molecule has 1 aliphatic heterocycles. The van der Waals surface area contributed by atoms with E-state index in [9.17, 15) is 0 Å². The number of oxime groups is 1. The van der Waals surface area contributed by atoms with Crippen molar-refractivity contribution in [2.45, 2.75) is 26.7 Å². The fourth-order valence-electron chi connectivity index (χ4n) is 2.54. The molecule has 118 valence electrons. The van der Waals surface area contributed by atoms with Gasteiger partial charge in [-0.3, -0.25) is 4.90 Å². The monoisotopic (exact) mass is 311 g/mol. The Morgan fingerprint density at radius 1 is 1.43 bits per heavy atom. The Hall–Kier alpha value is -1.34. The van der Waals surface area contributed by atoms with Crippen LogP contribution in [0.15, 0.2) is 16.7 Å². The van der Waals surface area contributed by atoms with Crippen LogP contribution in [0.5, 0.6) is 0 Å². The minimum absolute atomic E-state index is 0.239. The van der Waals surface area contributed by atoms with Crippen molar-refractivity contribution in [3.63, 3.8) is 0 Å². The molecule has 6 nitrogen and oxygen atoms in total. The van der Waals surface area contributed by atoms with Crippen molar-refractivity contribution in [1.29, 1.82) is 0 Å². The summed E-state index contributed by atoms with van der Waals surface area (Å²) in [7, 11) is 0. The first kappa shape index (κ1) is 16.0. The number of nitrogens with two attached hydrogens (primary N) is 1. The molecule has 0 atom stereocenters. The van der Waals surface area contributed by atoms with Gasteiger partial charge in [-0.2, -0.15) is 0 Å². The number of hydrogen-bond donors (Lipinski definition) is 2. The van der Waals surface area contributed by atoms with Gasteiger partial charge in [-0.15, -0.1) is 11.3 Å². The van der Waals surface area contributed by atoms with Crippen LogP contribution in [0.2, 0.25) is 0 Å². The summed E-state index contributed by atoms with van der Waals surface area (Å²) in [6, 6.07) is 0. The molecule has 1 aliphatic rings. The molecule has 7 heteroatoms. The molecule has 1 aromatic rings. The van der Waals surface area contributed by atoms with Crippen LogP contribution in [0.4, 0.5) is 5.13 Å². The van der Waals surface area contributed by atoms with Crippen molar-refractivity contribution in [1.82, 2.24) is 9.88 Å². The van der Waals surface area contributed by atoms with Crippen molar-refractivity contribution >= 4 is 22.3 Å². The van der Waals surface area contributed by atoms with Crippen molar-refractivity contribution in [3.8, 4) is 0 Å². The largest absolute Gasteiger partial charge is 0.409 e. The van der Waals surface area contributed by atoms with E-state index < -0.39 is 0 Å². The number of thiazole rings is 1. The fourth-order valence-corrected chi connectivity index (χ4v) is 3.24. The summed E-state index contributed by atoms with van der Waals surface area (Å²) >= 11 is 1.70. The molecule has 21 heavy (non-hydrogen) atoms. The number of anilines is 1. The molecule has 1 saturated heterocycles. The number of nitrogens with zero attached hydrogens (tertiary/aromatic N) is 4. The van der Waals surface area contributed by atoms with Crippen LogP contribution in [-0.2, 0) is 0 Å². The van der Waals surface area contributed by atoms with Crippen LogP contribution in [-0.4, -0.2) is 53.7 Å². The van der Waals surface area contributed by atoms with Crippen molar-refractivity contribution in [3.05, 3.63) is 11.6 Å². The summed E-state index contributed by atoms with van der Waals surface area (Å²) in [5, 5.41) is 15.1. The molecular weight excluding hydrogens is 286 g/mol. The van der Waals surface area contributed by atoms with Crippen LogP contribution in [0, 0.1) is 5.41 Å². The molecule has 0 radical (unpaired) electrons. The summed E-state index contributed by atoms with van der Waals surface area (Å²) in [5.41, 5.74) is 5.48. The van der Waals surface area contributed by atoms with Crippen molar-refractivity contribution in [2.75, 3.05) is 37.6 Å². The Morgan fingerprint density at radius 2 is 2.14 bits per heavy atom. The predicted octanol–water partition coefficient (Wildman–Crippen LogP) is 1.82. The first-order chi connectivity index (χ1) is 10.0. The van der Waals surface area contributed by atoms with Crippen LogP contribution >= 0.6 is 11.3 Å². The van der Waals surface area contributed by atoms with Gasteiger partial charge < -0.3 is 15.8 Å². The molecule has 0 saturated carbocycles. The van der Waals surface area contributed by atoms with E-state index in [4.69, 9.17) is 10.9 Å². The first-order valence-corrected chi connectivity index (χ1v) is 8.26. The molecule has 2 heterocycles. The average molecular weight is 311 g/mol. The van der Waals surface area contributed by atoms with Crippen LogP contribution in [0.25, 0.3) is 0 Å². The van der Waals surface area contributed by atoms with Gasteiger partial charge in [0.2, 0.25) is 0 Å². The lowest BCUT2D eigenvalue weighted by atomic mass is 9.86. The Balaban J connectivity index is 1.70. The highest BCUT2D eigenvalue weighted by atomic mass is 32.1. The van der Waals surface area contributed by atoms with E-state index in [1.54, 1.807) is 11.3 Å². The lowest BCUT2D eigenvalue weighted by Gasteiger charge is -2.35. The normalized spacial score (nSPS) is 18.2. The van der Waals surface area contributed by atoms with E-state index in [0.29, 0.717) is 5.84 Å². The maximum Gasteiger partial charge on any atom is 0.185 e. The lowest BCUT2D eigenvalue weighted by molar-refractivity contribution is 0.242. The fraction of sp³-hybridized carbons (Fsp3) is 0.714. The van der Waals surface area contributed by atoms with Crippen LogP contribution < -0.4 is 10.6 Å². The van der Waals surface area contributed by atoms with Gasteiger partial charge in [-0.05, 0) is 19.4 Å². The van der Waals surface area contributed by atoms with Gasteiger partial charge in [0.15, 0.2) is 5.13 Å². The second-order valence-electron chi connectivity index (χ2n) is 6.12. The molecule has 0 aromatic carbocycles. The molecule has 3 N–H and O–H groups in total. The third-order valence-corrected chi connectivity index (χ3v) is 4.97. The number of piperazine rings is 1. The topological polar surface area (TPSA) is 78.0 Å². The van der Waals surface area contributed by atoms with Gasteiger partial charge >= 0.3 is 0 Å². The van der Waals surface area contributed by atoms with Gasteiger partial charge in [0.25, 0.3) is 0 Å². The number of hydrogen-bond acceptors (Lipinski definition) is 6. The SMILES string of the molecule is CC(C)(CCCN1CCN(c2nccs2)CC1)C(N)=NO. The third-order valence-electron chi connectivity index (χ3n) is 4.14. The molecular formula is C14H25N5OS. The summed E-state index contributed by atoms with van der Waals surface area (Å²) < 4.78 is 0. The zero-order valence-corrected chi connectivity index (χ0v) is 13.6. The number of rotatable bonds is 6. The van der Waals surface area contributed by atoms with E-state index in [1.807, 2.05) is 25.4 Å². The Bertz CT molecular complexity index is 452. The average Bonchev–Trinajstić information content (AvgIpc) is 3.01. The molecule has 1 fully saturated rings. The quantitative estimate of drug-likeness (QED) is 0.363. The van der Waals surface area contributed by atoms with E-state index in [0.717, 1.165) is 50.7 Å². The van der Waals surface area contributed by atoms with Crippen molar-refractivity contribution < 1.29 is 5.21 Å². The minimum Gasteiger partial charge on any atom is -0.409 e. The maximum absolute atomic E-state index is 8.78. The summed E-state index contributed by atoms with van der Waals surface area (Å²) in [6.45, 7) is 9.32. The van der Waals surface area contributed by atoms with E-state index in [-0.39, 0.29) is 5.41 Å². The van der Waals surface area contributed by atoms with Gasteiger partial charge in [0, 0.05) is 43.2 Å². The Morgan fingerprint density at radius 3 is 2.71 bits per heavy atom. The van der Waals surface area contributed by atoms with Crippen molar-refractivity contribution in [2.24, 2.45) is 16.3 Å². The third kappa shape index (κ3) is 4.31. The number of aromatic nitrogens is 1. The molecule has 2 rings (SSSR count). The first-order valence-electron chi connectivity index (χ1n) is 7.38. The molecule has 0 spiro atoms. The molecule has 1 aromatic heterocycles. The molecule has 0 aliphatic carbocycles. The highest BCUT2D eigenvalue weighted by Crippen LogP contribution is 2.23. The van der Waals surface area contributed by atoms with E-state index >= 15 is 0 Å². The van der Waals surface area contributed by atoms with Crippen LogP contribution in [0.1, 0.15) is 26.7 Å². The maximum atomic E-state index is 8.78. The second kappa shape index (κ2) is 7.09. The van der Waals surface area contributed by atoms with Gasteiger partial charge in [-0.25, -0.2) is 4.98 Å². The highest BCUT2D eigenvalue weighted by Gasteiger charge is 2.24. The molecule has 0 unspecified atom stereocenters. The summed E-state index contributed by atoms with van der Waals surface area (Å²) in [4.78, 5) is 9.19. The van der Waals surface area contributed by atoms with Gasteiger partial charge in [-0.1, -0.05) is 19.0 Å². The van der Waals surface area contributed by atoms with Gasteiger partial charge in [0.05, 0.1) is 0 Å². The smallest absolute Gasteiger partial charge is 0.185 e. The second-order valence-corrected chi connectivity index (χ2v) is 6.99. The highest BCUT2D eigenvalue weighted by molar-refractivity contribution is 7.13. The number of amidine groups is 1. The zero-order chi connectivity index (χ0) is 15.3. The lowest BCUT2D eigenvalue weighted by Crippen LogP contribution is -2.46. The minimum atomic E-state index is -0.239. The molecule has 0 bridgehead atoms. The summed E-state index contributed by atoms with van der Waals surface area (Å²) in [6.07, 6.45) is 3.84. The Labute approximate surface area is 130 Å².